The molecule has 1 rings (SSSR count). The van der Waals surface area contributed by atoms with Crippen LogP contribution in [0.15, 0.2) is 12.1 Å². The van der Waals surface area contributed by atoms with Gasteiger partial charge in [-0.25, -0.2) is 11.7 Å². The number of hydrogen-bond donors (Lipinski definition) is 6. The number of carbonyl (C=O) groups excluding carboxylic acids is 2. The van der Waals surface area contributed by atoms with Gasteiger partial charge in [-0.15, -0.1) is 0 Å². The summed E-state index contributed by atoms with van der Waals surface area (Å²) in [6.07, 6.45) is 0. The molecule has 1 aromatic rings. The summed E-state index contributed by atoms with van der Waals surface area (Å²) in [5, 5.41) is 0. The molecular weight excluding hydrogens is 212 g/mol. The minimum absolute atomic E-state index is 0.00264. The fourth-order valence-electron chi connectivity index (χ4n) is 1.22. The van der Waals surface area contributed by atoms with Crippen LogP contribution in [0.2, 0.25) is 0 Å². The summed E-state index contributed by atoms with van der Waals surface area (Å²) in [5.41, 5.74) is 14.9. The van der Waals surface area contributed by atoms with Crippen LogP contribution in [0.25, 0.3) is 0 Å². The Balaban J connectivity index is 3.44. The highest BCUT2D eigenvalue weighted by molar-refractivity contribution is 6.11. The van der Waals surface area contributed by atoms with Crippen LogP contribution < -0.4 is 34.0 Å². The molecule has 0 aromatic heterocycles. The average Bonchev–Trinajstić information content (AvgIpc) is 2.30. The zero-order valence-corrected chi connectivity index (χ0v) is 8.28. The van der Waals surface area contributed by atoms with Crippen molar-refractivity contribution in [3.05, 3.63) is 23.3 Å². The zero-order chi connectivity index (χ0) is 12.3. The fraction of sp³-hybridized carbons (Fsp3) is 0. The molecule has 16 heavy (non-hydrogen) atoms. The van der Waals surface area contributed by atoms with Crippen LogP contribution in [-0.2, 0) is 0 Å². The molecule has 0 fully saturated rings. The lowest BCUT2D eigenvalue weighted by Gasteiger charge is -2.11. The molecule has 0 saturated heterocycles. The van der Waals surface area contributed by atoms with Crippen molar-refractivity contribution in [3.8, 4) is 0 Å². The van der Waals surface area contributed by atoms with Gasteiger partial charge in [-0.05, 0) is 12.1 Å². The highest BCUT2D eigenvalue weighted by atomic mass is 16.2. The van der Waals surface area contributed by atoms with E-state index in [1.165, 1.54) is 12.1 Å². The average molecular weight is 224 g/mol. The van der Waals surface area contributed by atoms with Crippen LogP contribution in [-0.4, -0.2) is 11.8 Å². The van der Waals surface area contributed by atoms with Crippen molar-refractivity contribution in [3.63, 3.8) is 0 Å². The van der Waals surface area contributed by atoms with Crippen LogP contribution in [0.4, 0.5) is 11.4 Å². The molecule has 8 heteroatoms. The molecule has 10 N–H and O–H groups in total. The lowest BCUT2D eigenvalue weighted by Crippen LogP contribution is -2.36. The topological polar surface area (TPSA) is 162 Å². The third-order valence-electron chi connectivity index (χ3n) is 2.01. The first-order chi connectivity index (χ1) is 7.52. The van der Waals surface area contributed by atoms with Crippen LogP contribution in [0.1, 0.15) is 20.7 Å². The van der Waals surface area contributed by atoms with Gasteiger partial charge in [0.1, 0.15) is 0 Å². The molecule has 8 nitrogen and oxygen atoms in total. The molecule has 0 aliphatic carbocycles. The number of hydrogen-bond acceptors (Lipinski definition) is 6. The molecule has 1 aromatic carbocycles. The third kappa shape index (κ3) is 1.87. The summed E-state index contributed by atoms with van der Waals surface area (Å²) in [6.45, 7) is 0. The smallest absolute Gasteiger partial charge is 0.268 e. The second-order valence-corrected chi connectivity index (χ2v) is 2.94. The quantitative estimate of drug-likeness (QED) is 0.148. The Labute approximate surface area is 90.9 Å². The number of amides is 2. The minimum atomic E-state index is -0.719. The van der Waals surface area contributed by atoms with Crippen molar-refractivity contribution < 1.29 is 9.59 Å². The molecule has 0 spiro atoms. The number of hydrazine groups is 2. The van der Waals surface area contributed by atoms with Gasteiger partial charge in [-0.3, -0.25) is 20.4 Å². The maximum absolute atomic E-state index is 11.4. The standard InChI is InChI=1S/C8H12N6O2/c9-4-2-1-3(7(15)13-11)5(6(4)10)8(16)14-12/h1-2H,9-12H2,(H,13,15)(H,14,16). The number of carbonyl (C=O) groups is 2. The molecule has 0 atom stereocenters. The molecular formula is C8H12N6O2. The molecule has 0 radical (unpaired) electrons. The van der Waals surface area contributed by atoms with Crippen LogP contribution in [0.5, 0.6) is 0 Å². The number of nitrogens with one attached hydrogen (secondary N) is 2. The predicted molar refractivity (Wildman–Crippen MR) is 58.6 cm³/mol. The summed E-state index contributed by atoms with van der Waals surface area (Å²) in [4.78, 5) is 22.8. The number of nitrogen functional groups attached to an aromatic ring is 4. The lowest BCUT2D eigenvalue weighted by molar-refractivity contribution is 0.0920. The Bertz CT molecular complexity index is 444. The first kappa shape index (κ1) is 11.8. The van der Waals surface area contributed by atoms with Gasteiger partial charge >= 0.3 is 0 Å². The molecule has 0 aliphatic rings. The van der Waals surface area contributed by atoms with E-state index in [0.29, 0.717) is 0 Å². The fourth-order valence-corrected chi connectivity index (χ4v) is 1.22. The van der Waals surface area contributed by atoms with E-state index in [4.69, 9.17) is 23.2 Å². The Hall–Kier alpha value is -2.32. The number of benzene rings is 1. The van der Waals surface area contributed by atoms with E-state index in [1.807, 2.05) is 10.9 Å². The summed E-state index contributed by atoms with van der Waals surface area (Å²) >= 11 is 0. The van der Waals surface area contributed by atoms with Crippen LogP contribution >= 0.6 is 0 Å². The Kier molecular flexibility index (Phi) is 3.28. The van der Waals surface area contributed by atoms with E-state index in [-0.39, 0.29) is 22.5 Å². The SMILES string of the molecule is NNC(=O)c1ccc(N)c(N)c1C(=O)NN. The number of anilines is 2. The van der Waals surface area contributed by atoms with Gasteiger partial charge < -0.3 is 11.5 Å². The Morgan fingerprint density at radius 2 is 1.56 bits per heavy atom. The molecule has 86 valence electrons. The van der Waals surface area contributed by atoms with E-state index in [1.54, 1.807) is 0 Å². The maximum atomic E-state index is 11.4. The van der Waals surface area contributed by atoms with Gasteiger partial charge in [0.25, 0.3) is 11.8 Å². The van der Waals surface area contributed by atoms with E-state index in [2.05, 4.69) is 0 Å². The molecule has 0 saturated carbocycles. The van der Waals surface area contributed by atoms with Crippen molar-refractivity contribution in [1.82, 2.24) is 10.9 Å². The third-order valence-corrected chi connectivity index (χ3v) is 2.01. The van der Waals surface area contributed by atoms with Crippen molar-refractivity contribution in [2.24, 2.45) is 11.7 Å². The molecule has 0 unspecified atom stereocenters. The van der Waals surface area contributed by atoms with Crippen molar-refractivity contribution in [2.75, 3.05) is 11.5 Å². The minimum Gasteiger partial charge on any atom is -0.397 e. The monoisotopic (exact) mass is 224 g/mol. The summed E-state index contributed by atoms with van der Waals surface area (Å²) in [6, 6.07) is 2.73. The van der Waals surface area contributed by atoms with Gasteiger partial charge in [0, 0.05) is 0 Å². The molecule has 0 aliphatic heterocycles. The number of rotatable bonds is 2. The molecule has 0 bridgehead atoms. The van der Waals surface area contributed by atoms with E-state index < -0.39 is 11.8 Å². The van der Waals surface area contributed by atoms with Gasteiger partial charge in [0.05, 0.1) is 22.5 Å². The van der Waals surface area contributed by atoms with E-state index in [0.717, 1.165) is 0 Å². The zero-order valence-electron chi connectivity index (χ0n) is 8.28. The summed E-state index contributed by atoms with van der Waals surface area (Å²) in [7, 11) is 0. The lowest BCUT2D eigenvalue weighted by atomic mass is 10.0. The normalized spacial score (nSPS) is 9.62. The van der Waals surface area contributed by atoms with Crippen LogP contribution in [0.3, 0.4) is 0 Å². The largest absolute Gasteiger partial charge is 0.397 e. The van der Waals surface area contributed by atoms with Crippen LogP contribution in [0, 0.1) is 0 Å². The second kappa shape index (κ2) is 4.47. The van der Waals surface area contributed by atoms with Crippen molar-refractivity contribution in [2.45, 2.75) is 0 Å². The first-order valence-electron chi connectivity index (χ1n) is 4.22. The predicted octanol–water partition coefficient (Wildman–Crippen LogP) is -1.94. The van der Waals surface area contributed by atoms with Gasteiger partial charge in [0.15, 0.2) is 0 Å². The van der Waals surface area contributed by atoms with Gasteiger partial charge in [0.2, 0.25) is 0 Å². The maximum Gasteiger partial charge on any atom is 0.268 e. The summed E-state index contributed by atoms with van der Waals surface area (Å²) < 4.78 is 0. The first-order valence-corrected chi connectivity index (χ1v) is 4.22. The highest BCUT2D eigenvalue weighted by Crippen LogP contribution is 2.23. The summed E-state index contributed by atoms with van der Waals surface area (Å²) in [5.74, 6) is 8.56. The van der Waals surface area contributed by atoms with Gasteiger partial charge in [-0.2, -0.15) is 0 Å². The van der Waals surface area contributed by atoms with E-state index >= 15 is 0 Å². The van der Waals surface area contributed by atoms with E-state index in [9.17, 15) is 9.59 Å². The number of nitrogens with two attached hydrogens (primary N) is 4. The highest BCUT2D eigenvalue weighted by Gasteiger charge is 2.20. The van der Waals surface area contributed by atoms with Gasteiger partial charge in [-0.1, -0.05) is 0 Å². The van der Waals surface area contributed by atoms with Crippen molar-refractivity contribution in [1.29, 1.82) is 0 Å². The Morgan fingerprint density at radius 3 is 2.06 bits per heavy atom. The second-order valence-electron chi connectivity index (χ2n) is 2.94. The molecule has 0 heterocycles. The van der Waals surface area contributed by atoms with Crippen molar-refractivity contribution >= 4 is 23.2 Å². The molecule has 2 amide bonds. The Morgan fingerprint density at radius 1 is 1.00 bits per heavy atom.